The van der Waals surface area contributed by atoms with Crippen LogP contribution >= 0.6 is 11.6 Å². The summed E-state index contributed by atoms with van der Waals surface area (Å²) >= 11 is 6.15. The van der Waals surface area contributed by atoms with E-state index in [-0.39, 0.29) is 17.3 Å². The molecule has 0 spiro atoms. The predicted octanol–water partition coefficient (Wildman–Crippen LogP) is 4.35. The van der Waals surface area contributed by atoms with Gasteiger partial charge in [0.25, 0.3) is 11.8 Å². The van der Waals surface area contributed by atoms with E-state index in [1.54, 1.807) is 55.6 Å². The van der Waals surface area contributed by atoms with Crippen LogP contribution in [0.2, 0.25) is 0 Å². The van der Waals surface area contributed by atoms with Gasteiger partial charge >= 0.3 is 5.97 Å². The fourth-order valence-corrected chi connectivity index (χ4v) is 3.44. The normalized spacial score (nSPS) is 13.3. The Kier molecular flexibility index (Phi) is 6.42. The molecule has 3 aromatic rings. The van der Waals surface area contributed by atoms with Crippen molar-refractivity contribution in [2.24, 2.45) is 0 Å². The van der Waals surface area contributed by atoms with E-state index in [2.05, 4.69) is 5.32 Å². The van der Waals surface area contributed by atoms with E-state index in [1.807, 2.05) is 30.3 Å². The standard InChI is InChI=1S/C25H19ClN2O5/c1-32-19-11-13-20(14-12-19)33-25(31)17-7-9-18(10-8-17)27-22-21(26)23(29)28(24(22)30)15-16-5-3-2-4-6-16/h2-14,27H,15H2,1H3. The van der Waals surface area contributed by atoms with Crippen LogP contribution in [0.4, 0.5) is 5.69 Å². The average Bonchev–Trinajstić information content (AvgIpc) is 3.04. The van der Waals surface area contributed by atoms with Gasteiger partial charge in [-0.1, -0.05) is 41.9 Å². The number of amides is 2. The van der Waals surface area contributed by atoms with E-state index in [4.69, 9.17) is 21.1 Å². The van der Waals surface area contributed by atoms with Gasteiger partial charge in [0.15, 0.2) is 0 Å². The summed E-state index contributed by atoms with van der Waals surface area (Å²) in [5.74, 6) is -0.580. The number of esters is 1. The van der Waals surface area contributed by atoms with E-state index in [0.717, 1.165) is 10.5 Å². The summed E-state index contributed by atoms with van der Waals surface area (Å²) in [6.07, 6.45) is 0. The Bertz CT molecular complexity index is 1220. The Hall–Kier alpha value is -4.10. The van der Waals surface area contributed by atoms with Crippen LogP contribution in [0, 0.1) is 0 Å². The number of ether oxygens (including phenoxy) is 2. The first-order valence-electron chi connectivity index (χ1n) is 9.99. The topological polar surface area (TPSA) is 84.9 Å². The largest absolute Gasteiger partial charge is 0.497 e. The van der Waals surface area contributed by atoms with Gasteiger partial charge < -0.3 is 14.8 Å². The minimum atomic E-state index is -0.562. The molecule has 1 aliphatic heterocycles. The third-order valence-electron chi connectivity index (χ3n) is 4.95. The molecule has 0 atom stereocenters. The summed E-state index contributed by atoms with van der Waals surface area (Å²) in [5.41, 5.74) is 1.61. The van der Waals surface area contributed by atoms with Gasteiger partial charge in [-0.2, -0.15) is 0 Å². The minimum absolute atomic E-state index is 0.00819. The Morgan fingerprint density at radius 2 is 1.52 bits per heavy atom. The number of hydrogen-bond acceptors (Lipinski definition) is 6. The van der Waals surface area contributed by atoms with Gasteiger partial charge in [-0.15, -0.1) is 0 Å². The molecule has 0 saturated heterocycles. The Labute approximate surface area is 195 Å². The lowest BCUT2D eigenvalue weighted by molar-refractivity contribution is -0.138. The van der Waals surface area contributed by atoms with E-state index < -0.39 is 17.8 Å². The van der Waals surface area contributed by atoms with Gasteiger partial charge in [-0.25, -0.2) is 4.79 Å². The molecule has 8 heteroatoms. The summed E-state index contributed by atoms with van der Waals surface area (Å²) < 4.78 is 10.4. The third-order valence-corrected chi connectivity index (χ3v) is 5.31. The number of methoxy groups -OCH3 is 1. The summed E-state index contributed by atoms with van der Waals surface area (Å²) in [6, 6.07) is 22.1. The maximum absolute atomic E-state index is 12.8. The van der Waals surface area contributed by atoms with Crippen LogP contribution in [-0.4, -0.2) is 29.8 Å². The Morgan fingerprint density at radius 3 is 2.15 bits per heavy atom. The molecule has 0 fully saturated rings. The number of hydrogen-bond donors (Lipinski definition) is 1. The zero-order chi connectivity index (χ0) is 23.4. The van der Waals surface area contributed by atoms with Crippen molar-refractivity contribution in [3.05, 3.63) is 101 Å². The average molecular weight is 463 g/mol. The smallest absolute Gasteiger partial charge is 0.343 e. The van der Waals surface area contributed by atoms with Crippen LogP contribution in [0.5, 0.6) is 11.5 Å². The number of rotatable bonds is 7. The zero-order valence-corrected chi connectivity index (χ0v) is 18.3. The quantitative estimate of drug-likeness (QED) is 0.319. The molecule has 33 heavy (non-hydrogen) atoms. The van der Waals surface area contributed by atoms with Crippen LogP contribution in [0.3, 0.4) is 0 Å². The summed E-state index contributed by atoms with van der Waals surface area (Å²) in [5, 5.41) is 2.70. The van der Waals surface area contributed by atoms with E-state index in [9.17, 15) is 14.4 Å². The number of benzene rings is 3. The predicted molar refractivity (Wildman–Crippen MR) is 123 cm³/mol. The fraction of sp³-hybridized carbons (Fsp3) is 0.0800. The SMILES string of the molecule is COc1ccc(OC(=O)c2ccc(NC3=C(Cl)C(=O)N(Cc4ccccc4)C3=O)cc2)cc1. The highest BCUT2D eigenvalue weighted by molar-refractivity contribution is 6.48. The second-order valence-corrected chi connectivity index (χ2v) is 7.52. The van der Waals surface area contributed by atoms with E-state index in [0.29, 0.717) is 22.7 Å². The molecule has 1 heterocycles. The lowest BCUT2D eigenvalue weighted by Crippen LogP contribution is -2.31. The maximum atomic E-state index is 12.8. The van der Waals surface area contributed by atoms with Crippen LogP contribution < -0.4 is 14.8 Å². The van der Waals surface area contributed by atoms with Gasteiger partial charge in [0.05, 0.1) is 19.2 Å². The Morgan fingerprint density at radius 1 is 0.879 bits per heavy atom. The number of imide groups is 1. The van der Waals surface area contributed by atoms with Crippen molar-refractivity contribution in [1.29, 1.82) is 0 Å². The van der Waals surface area contributed by atoms with E-state index in [1.165, 1.54) is 0 Å². The number of nitrogens with zero attached hydrogens (tertiary/aromatic N) is 1. The molecule has 1 aliphatic rings. The molecule has 3 aromatic carbocycles. The first-order chi connectivity index (χ1) is 16.0. The molecule has 0 bridgehead atoms. The molecule has 0 radical (unpaired) electrons. The monoisotopic (exact) mass is 462 g/mol. The second-order valence-electron chi connectivity index (χ2n) is 7.14. The second kappa shape index (κ2) is 9.58. The molecular formula is C25H19ClN2O5. The molecule has 0 aliphatic carbocycles. The summed E-state index contributed by atoms with van der Waals surface area (Å²) in [6.45, 7) is 0.121. The lowest BCUT2D eigenvalue weighted by atomic mass is 10.2. The van der Waals surface area contributed by atoms with Crippen LogP contribution in [-0.2, 0) is 16.1 Å². The van der Waals surface area contributed by atoms with E-state index >= 15 is 0 Å². The third kappa shape index (κ3) is 4.88. The van der Waals surface area contributed by atoms with Crippen molar-refractivity contribution >= 4 is 35.1 Å². The zero-order valence-electron chi connectivity index (χ0n) is 17.6. The highest BCUT2D eigenvalue weighted by Crippen LogP contribution is 2.27. The molecule has 0 unspecified atom stereocenters. The molecule has 0 saturated carbocycles. The molecule has 2 amide bonds. The molecule has 7 nitrogen and oxygen atoms in total. The van der Waals surface area contributed by atoms with Gasteiger partial charge in [0.1, 0.15) is 22.2 Å². The van der Waals surface area contributed by atoms with Crippen molar-refractivity contribution in [2.45, 2.75) is 6.54 Å². The molecule has 166 valence electrons. The molecular weight excluding hydrogens is 444 g/mol. The number of carbonyl (C=O) groups is 3. The van der Waals surface area contributed by atoms with Gasteiger partial charge in [0.2, 0.25) is 0 Å². The van der Waals surface area contributed by atoms with Gasteiger partial charge in [0, 0.05) is 5.69 Å². The maximum Gasteiger partial charge on any atom is 0.343 e. The summed E-state index contributed by atoms with van der Waals surface area (Å²) in [7, 11) is 1.55. The number of nitrogens with one attached hydrogen (secondary N) is 1. The van der Waals surface area contributed by atoms with Crippen molar-refractivity contribution in [1.82, 2.24) is 4.90 Å². The highest BCUT2D eigenvalue weighted by Gasteiger charge is 2.37. The highest BCUT2D eigenvalue weighted by atomic mass is 35.5. The number of anilines is 1. The molecule has 4 rings (SSSR count). The van der Waals surface area contributed by atoms with Crippen LogP contribution in [0.15, 0.2) is 89.6 Å². The minimum Gasteiger partial charge on any atom is -0.497 e. The Balaban J connectivity index is 1.42. The van der Waals surface area contributed by atoms with Crippen LogP contribution in [0.25, 0.3) is 0 Å². The van der Waals surface area contributed by atoms with Crippen molar-refractivity contribution in [3.8, 4) is 11.5 Å². The van der Waals surface area contributed by atoms with Gasteiger partial charge in [-0.05, 0) is 54.1 Å². The number of halogens is 1. The molecule has 1 N–H and O–H groups in total. The van der Waals surface area contributed by atoms with Crippen LogP contribution in [0.1, 0.15) is 15.9 Å². The number of carbonyl (C=O) groups excluding carboxylic acids is 3. The summed E-state index contributed by atoms with van der Waals surface area (Å²) in [4.78, 5) is 38.7. The first-order valence-corrected chi connectivity index (χ1v) is 10.4. The van der Waals surface area contributed by atoms with Crippen molar-refractivity contribution in [3.63, 3.8) is 0 Å². The first kappa shape index (κ1) is 22.1. The fourth-order valence-electron chi connectivity index (χ4n) is 3.21. The molecule has 0 aromatic heterocycles. The van der Waals surface area contributed by atoms with Crippen molar-refractivity contribution in [2.75, 3.05) is 12.4 Å². The lowest BCUT2D eigenvalue weighted by Gasteiger charge is -2.15. The van der Waals surface area contributed by atoms with Gasteiger partial charge in [-0.3, -0.25) is 14.5 Å². The van der Waals surface area contributed by atoms with Crippen molar-refractivity contribution < 1.29 is 23.9 Å².